The minimum atomic E-state index is 0.404. The van der Waals surface area contributed by atoms with Crippen molar-refractivity contribution in [3.05, 3.63) is 46.1 Å². The molecule has 0 aliphatic heterocycles. The summed E-state index contributed by atoms with van der Waals surface area (Å²) in [5.41, 5.74) is 10.3. The highest BCUT2D eigenvalue weighted by Crippen LogP contribution is 2.35. The van der Waals surface area contributed by atoms with Crippen molar-refractivity contribution < 1.29 is 4.98 Å². The van der Waals surface area contributed by atoms with Gasteiger partial charge in [0, 0.05) is 28.1 Å². The van der Waals surface area contributed by atoms with Crippen LogP contribution in [0.1, 0.15) is 37.1 Å². The Labute approximate surface area is 136 Å². The van der Waals surface area contributed by atoms with E-state index in [9.17, 15) is 5.26 Å². The van der Waals surface area contributed by atoms with Crippen molar-refractivity contribution in [3.63, 3.8) is 0 Å². The Morgan fingerprint density at radius 1 is 1.36 bits per heavy atom. The quantitative estimate of drug-likeness (QED) is 0.920. The molecule has 1 atom stereocenters. The van der Waals surface area contributed by atoms with Gasteiger partial charge >= 0.3 is 0 Å². The second kappa shape index (κ2) is 6.81. The predicted octanol–water partition coefficient (Wildman–Crippen LogP) is 4.17. The van der Waals surface area contributed by atoms with Crippen molar-refractivity contribution in [2.24, 2.45) is 5.92 Å². The second-order valence-electron chi connectivity index (χ2n) is 5.70. The van der Waals surface area contributed by atoms with E-state index < -0.39 is 0 Å². The predicted molar refractivity (Wildman–Crippen MR) is 90.5 cm³/mol. The van der Waals surface area contributed by atoms with E-state index in [1.54, 1.807) is 0 Å². The topological polar surface area (TPSA) is 63.9 Å². The third-order valence-corrected chi connectivity index (χ3v) is 4.47. The number of nitrogens with zero attached hydrogens (tertiary/aromatic N) is 1. The first kappa shape index (κ1) is 16.3. The van der Waals surface area contributed by atoms with Crippen LogP contribution in [0.5, 0.6) is 0 Å². The average Bonchev–Trinajstić information content (AvgIpc) is 2.51. The number of aromatic amines is 1. The van der Waals surface area contributed by atoms with Gasteiger partial charge in [-0.1, -0.05) is 50.1 Å². The van der Waals surface area contributed by atoms with Crippen LogP contribution in [0.3, 0.4) is 0 Å². The zero-order valence-corrected chi connectivity index (χ0v) is 14.0. The Bertz CT molecular complexity index is 732. The number of nitrogens with two attached hydrogens (primary N) is 1. The van der Waals surface area contributed by atoms with Gasteiger partial charge in [0.05, 0.1) is 0 Å². The molecule has 0 amide bonds. The van der Waals surface area contributed by atoms with Crippen LogP contribution >= 0.6 is 11.6 Å². The summed E-state index contributed by atoms with van der Waals surface area (Å²) in [5, 5.41) is 10.1. The van der Waals surface area contributed by atoms with Gasteiger partial charge in [-0.25, -0.2) is 4.98 Å². The molecule has 0 unspecified atom stereocenters. The molecule has 2 rings (SSSR count). The molecule has 0 saturated carbocycles. The third kappa shape index (κ3) is 3.08. The minimum absolute atomic E-state index is 0.404. The molecule has 3 N–H and O–H groups in total. The fraction of sp³-hybridized carbons (Fsp3) is 0.333. The van der Waals surface area contributed by atoms with E-state index in [-0.39, 0.29) is 0 Å². The van der Waals surface area contributed by atoms with Crippen LogP contribution in [0.25, 0.3) is 11.1 Å². The van der Waals surface area contributed by atoms with Crippen LogP contribution in [0, 0.1) is 24.2 Å². The molecule has 0 bridgehead atoms. The van der Waals surface area contributed by atoms with E-state index in [4.69, 9.17) is 17.3 Å². The SMILES string of the molecule is CC[C@@H](C)Cc1[nH+]c(N)c(C#N)c(-c2ccccc2Cl)c1C. The molecule has 0 radical (unpaired) electrons. The zero-order chi connectivity index (χ0) is 16.3. The summed E-state index contributed by atoms with van der Waals surface area (Å²) in [6.07, 6.45) is 1.99. The number of hydrogen-bond acceptors (Lipinski definition) is 2. The Morgan fingerprint density at radius 2 is 2.05 bits per heavy atom. The molecular formula is C18H21ClN3+. The molecule has 0 aliphatic carbocycles. The van der Waals surface area contributed by atoms with Crippen molar-refractivity contribution in [3.8, 4) is 17.2 Å². The Kier molecular flexibility index (Phi) is 5.05. The summed E-state index contributed by atoms with van der Waals surface area (Å²) in [5.74, 6) is 0.947. The van der Waals surface area contributed by atoms with Crippen molar-refractivity contribution in [2.75, 3.05) is 5.73 Å². The highest BCUT2D eigenvalue weighted by atomic mass is 35.5. The maximum atomic E-state index is 9.50. The fourth-order valence-corrected chi connectivity index (χ4v) is 2.84. The van der Waals surface area contributed by atoms with Crippen LogP contribution in [0.2, 0.25) is 5.02 Å². The average molecular weight is 315 g/mol. The van der Waals surface area contributed by atoms with Crippen molar-refractivity contribution in [1.29, 1.82) is 5.26 Å². The Morgan fingerprint density at radius 3 is 2.64 bits per heavy atom. The molecule has 1 aromatic carbocycles. The van der Waals surface area contributed by atoms with Crippen LogP contribution in [0.4, 0.5) is 5.82 Å². The van der Waals surface area contributed by atoms with E-state index in [1.807, 2.05) is 31.2 Å². The van der Waals surface area contributed by atoms with Crippen LogP contribution in [-0.4, -0.2) is 0 Å². The van der Waals surface area contributed by atoms with Crippen molar-refractivity contribution in [1.82, 2.24) is 0 Å². The summed E-state index contributed by atoms with van der Waals surface area (Å²) in [7, 11) is 0. The number of pyridine rings is 1. The summed E-state index contributed by atoms with van der Waals surface area (Å²) in [6.45, 7) is 6.39. The number of benzene rings is 1. The van der Waals surface area contributed by atoms with Crippen LogP contribution < -0.4 is 10.7 Å². The number of rotatable bonds is 4. The highest BCUT2D eigenvalue weighted by Gasteiger charge is 2.22. The van der Waals surface area contributed by atoms with Gasteiger partial charge in [-0.15, -0.1) is 0 Å². The number of nitrogens with one attached hydrogen (secondary N) is 1. The molecule has 1 heterocycles. The molecule has 0 spiro atoms. The lowest BCUT2D eigenvalue weighted by atomic mass is 9.91. The van der Waals surface area contributed by atoms with Gasteiger partial charge < -0.3 is 0 Å². The van der Waals surface area contributed by atoms with E-state index in [1.165, 1.54) is 0 Å². The molecule has 2 aromatic rings. The number of anilines is 1. The molecule has 0 saturated heterocycles. The summed E-state index contributed by atoms with van der Waals surface area (Å²) in [4.78, 5) is 3.20. The van der Waals surface area contributed by atoms with Gasteiger partial charge in [0.25, 0.3) is 5.82 Å². The number of H-pyrrole nitrogens is 1. The van der Waals surface area contributed by atoms with Gasteiger partial charge in [0.15, 0.2) is 0 Å². The second-order valence-corrected chi connectivity index (χ2v) is 6.11. The molecule has 114 valence electrons. The molecular weight excluding hydrogens is 294 g/mol. The van der Waals surface area contributed by atoms with E-state index in [0.717, 1.165) is 35.2 Å². The number of nitriles is 1. The van der Waals surface area contributed by atoms with Gasteiger partial charge in [-0.2, -0.15) is 5.26 Å². The van der Waals surface area contributed by atoms with Gasteiger partial charge in [0.2, 0.25) is 0 Å². The zero-order valence-electron chi connectivity index (χ0n) is 13.2. The van der Waals surface area contributed by atoms with Gasteiger partial charge in [-0.05, 0) is 18.9 Å². The monoisotopic (exact) mass is 314 g/mol. The van der Waals surface area contributed by atoms with Crippen LogP contribution in [-0.2, 0) is 6.42 Å². The van der Waals surface area contributed by atoms with E-state index in [2.05, 4.69) is 24.9 Å². The van der Waals surface area contributed by atoms with Gasteiger partial charge in [-0.3, -0.25) is 5.73 Å². The Hall–Kier alpha value is -2.05. The summed E-state index contributed by atoms with van der Waals surface area (Å²) >= 11 is 6.34. The van der Waals surface area contributed by atoms with Crippen LogP contribution in [0.15, 0.2) is 24.3 Å². The number of halogens is 1. The molecule has 4 heteroatoms. The maximum absolute atomic E-state index is 9.50. The first-order valence-electron chi connectivity index (χ1n) is 7.48. The maximum Gasteiger partial charge on any atom is 0.289 e. The molecule has 3 nitrogen and oxygen atoms in total. The van der Waals surface area contributed by atoms with E-state index in [0.29, 0.717) is 22.3 Å². The molecule has 22 heavy (non-hydrogen) atoms. The normalized spacial score (nSPS) is 12.0. The van der Waals surface area contributed by atoms with Crippen molar-refractivity contribution in [2.45, 2.75) is 33.6 Å². The number of aromatic nitrogens is 1. The fourth-order valence-electron chi connectivity index (χ4n) is 2.61. The largest absolute Gasteiger partial charge is 0.289 e. The minimum Gasteiger partial charge on any atom is -0.286 e. The summed E-state index contributed by atoms with van der Waals surface area (Å²) < 4.78 is 0. The third-order valence-electron chi connectivity index (χ3n) is 4.14. The molecule has 1 aromatic heterocycles. The first-order chi connectivity index (χ1) is 10.5. The standard InChI is InChI=1S/C18H20ClN3/c1-4-11(2)9-16-12(3)17(14(10-20)18(21)22-16)13-7-5-6-8-15(13)19/h5-8,11H,4,9H2,1-3H3,(H2,21,22)/p+1/t11-/m1/s1. The summed E-state index contributed by atoms with van der Waals surface area (Å²) in [6, 6.07) is 9.77. The smallest absolute Gasteiger partial charge is 0.286 e. The van der Waals surface area contributed by atoms with Crippen molar-refractivity contribution >= 4 is 17.4 Å². The lowest BCUT2D eigenvalue weighted by Gasteiger charge is -2.15. The highest BCUT2D eigenvalue weighted by molar-refractivity contribution is 6.33. The lowest BCUT2D eigenvalue weighted by Crippen LogP contribution is -2.23. The van der Waals surface area contributed by atoms with E-state index >= 15 is 0 Å². The molecule has 0 aliphatic rings. The number of nitrogen functional groups attached to an aromatic ring is 1. The lowest BCUT2D eigenvalue weighted by molar-refractivity contribution is -0.374. The first-order valence-corrected chi connectivity index (χ1v) is 7.86. The number of hydrogen-bond donors (Lipinski definition) is 1. The van der Waals surface area contributed by atoms with Gasteiger partial charge in [0.1, 0.15) is 17.3 Å². The Balaban J connectivity index is 2.71. The molecule has 0 fully saturated rings.